The van der Waals surface area contributed by atoms with Crippen LogP contribution in [0.4, 0.5) is 0 Å². The maximum atomic E-state index is 9.24. The molecule has 1 heterocycles. The van der Waals surface area contributed by atoms with Crippen LogP contribution in [0.5, 0.6) is 11.5 Å². The highest BCUT2D eigenvalue weighted by atomic mass is 35.5. The van der Waals surface area contributed by atoms with Crippen LogP contribution in [0.25, 0.3) is 0 Å². The van der Waals surface area contributed by atoms with E-state index in [1.165, 1.54) is 0 Å². The van der Waals surface area contributed by atoms with E-state index in [0.29, 0.717) is 22.1 Å². The van der Waals surface area contributed by atoms with E-state index >= 15 is 0 Å². The molecule has 0 fully saturated rings. The standard InChI is InChI=1S/C14H14ClNO2/c1-9-5-12(3-4-13(9)15)18-14-6-10(2)16-7-11(14)8-17/h3-7,17H,8H2,1-2H3. The molecule has 0 amide bonds. The largest absolute Gasteiger partial charge is 0.457 e. The van der Waals surface area contributed by atoms with Gasteiger partial charge in [-0.05, 0) is 37.6 Å². The number of hydrogen-bond donors (Lipinski definition) is 1. The van der Waals surface area contributed by atoms with Gasteiger partial charge in [0.1, 0.15) is 11.5 Å². The first-order valence-corrected chi connectivity index (χ1v) is 5.98. The molecule has 0 aliphatic heterocycles. The van der Waals surface area contributed by atoms with E-state index in [1.54, 1.807) is 24.4 Å². The van der Waals surface area contributed by atoms with Gasteiger partial charge in [-0.2, -0.15) is 0 Å². The van der Waals surface area contributed by atoms with Crippen molar-refractivity contribution in [1.29, 1.82) is 0 Å². The third kappa shape index (κ3) is 2.81. The summed E-state index contributed by atoms with van der Waals surface area (Å²) >= 11 is 5.96. The monoisotopic (exact) mass is 263 g/mol. The van der Waals surface area contributed by atoms with Crippen molar-refractivity contribution < 1.29 is 9.84 Å². The van der Waals surface area contributed by atoms with E-state index in [9.17, 15) is 5.11 Å². The summed E-state index contributed by atoms with van der Waals surface area (Å²) in [5, 5.41) is 9.95. The summed E-state index contributed by atoms with van der Waals surface area (Å²) in [7, 11) is 0. The minimum absolute atomic E-state index is 0.102. The Hall–Kier alpha value is -1.58. The van der Waals surface area contributed by atoms with Gasteiger partial charge in [0.15, 0.2) is 0 Å². The van der Waals surface area contributed by atoms with Crippen LogP contribution < -0.4 is 4.74 Å². The highest BCUT2D eigenvalue weighted by molar-refractivity contribution is 6.31. The Kier molecular flexibility index (Phi) is 3.84. The van der Waals surface area contributed by atoms with Crippen LogP contribution in [0.3, 0.4) is 0 Å². The van der Waals surface area contributed by atoms with Crippen molar-refractivity contribution in [3.05, 3.63) is 52.3 Å². The minimum Gasteiger partial charge on any atom is -0.457 e. The lowest BCUT2D eigenvalue weighted by molar-refractivity contribution is 0.276. The average molecular weight is 264 g/mol. The van der Waals surface area contributed by atoms with Gasteiger partial charge in [-0.25, -0.2) is 0 Å². The fourth-order valence-corrected chi connectivity index (χ4v) is 1.70. The molecule has 2 aromatic rings. The lowest BCUT2D eigenvalue weighted by atomic mass is 10.2. The molecule has 0 aliphatic carbocycles. The van der Waals surface area contributed by atoms with Crippen molar-refractivity contribution in [2.24, 2.45) is 0 Å². The quantitative estimate of drug-likeness (QED) is 0.919. The van der Waals surface area contributed by atoms with Gasteiger partial charge < -0.3 is 9.84 Å². The topological polar surface area (TPSA) is 42.4 Å². The third-order valence-electron chi connectivity index (χ3n) is 2.61. The molecule has 2 rings (SSSR count). The summed E-state index contributed by atoms with van der Waals surface area (Å²) in [6.45, 7) is 3.69. The molecular weight excluding hydrogens is 250 g/mol. The second-order valence-corrected chi connectivity index (χ2v) is 4.51. The van der Waals surface area contributed by atoms with Gasteiger partial charge in [0.05, 0.1) is 6.61 Å². The second kappa shape index (κ2) is 5.38. The van der Waals surface area contributed by atoms with Gasteiger partial charge in [0, 0.05) is 28.5 Å². The van der Waals surface area contributed by atoms with Crippen LogP contribution in [0.2, 0.25) is 5.02 Å². The molecule has 1 aromatic heterocycles. The van der Waals surface area contributed by atoms with Crippen molar-refractivity contribution in [1.82, 2.24) is 4.98 Å². The first-order valence-electron chi connectivity index (χ1n) is 5.60. The Balaban J connectivity index is 2.33. The van der Waals surface area contributed by atoms with Crippen molar-refractivity contribution in [2.75, 3.05) is 0 Å². The number of aliphatic hydroxyl groups excluding tert-OH is 1. The first kappa shape index (κ1) is 12.9. The number of aryl methyl sites for hydroxylation is 2. The van der Waals surface area contributed by atoms with Crippen molar-refractivity contribution >= 4 is 11.6 Å². The fourth-order valence-electron chi connectivity index (χ4n) is 1.58. The molecule has 0 saturated heterocycles. The fraction of sp³-hybridized carbons (Fsp3) is 0.214. The van der Waals surface area contributed by atoms with Crippen LogP contribution in [0.1, 0.15) is 16.8 Å². The van der Waals surface area contributed by atoms with Crippen molar-refractivity contribution in [3.8, 4) is 11.5 Å². The van der Waals surface area contributed by atoms with E-state index in [4.69, 9.17) is 16.3 Å². The molecule has 94 valence electrons. The molecule has 0 unspecified atom stereocenters. The van der Waals surface area contributed by atoms with Gasteiger partial charge in [0.2, 0.25) is 0 Å². The molecule has 0 atom stereocenters. The van der Waals surface area contributed by atoms with E-state index in [1.807, 2.05) is 19.9 Å². The Morgan fingerprint density at radius 2 is 2.06 bits per heavy atom. The predicted molar refractivity (Wildman–Crippen MR) is 71.2 cm³/mol. The number of rotatable bonds is 3. The van der Waals surface area contributed by atoms with Crippen LogP contribution in [0, 0.1) is 13.8 Å². The van der Waals surface area contributed by atoms with E-state index in [2.05, 4.69) is 4.98 Å². The summed E-state index contributed by atoms with van der Waals surface area (Å²) in [6, 6.07) is 7.25. The number of hydrogen-bond acceptors (Lipinski definition) is 3. The van der Waals surface area contributed by atoms with Crippen LogP contribution in [0.15, 0.2) is 30.5 Å². The SMILES string of the molecule is Cc1cc(Oc2ccc(Cl)c(C)c2)c(CO)cn1. The number of benzene rings is 1. The Labute approximate surface area is 111 Å². The number of ether oxygens (including phenoxy) is 1. The van der Waals surface area contributed by atoms with Crippen LogP contribution >= 0.6 is 11.6 Å². The zero-order valence-corrected chi connectivity index (χ0v) is 11.0. The first-order chi connectivity index (χ1) is 8.60. The summed E-state index contributed by atoms with van der Waals surface area (Å²) < 4.78 is 5.76. The highest BCUT2D eigenvalue weighted by Gasteiger charge is 2.06. The maximum Gasteiger partial charge on any atom is 0.136 e. The summed E-state index contributed by atoms with van der Waals surface area (Å²) in [4.78, 5) is 4.12. The zero-order chi connectivity index (χ0) is 13.1. The van der Waals surface area contributed by atoms with Gasteiger partial charge in [0.25, 0.3) is 0 Å². The van der Waals surface area contributed by atoms with Crippen LogP contribution in [-0.4, -0.2) is 10.1 Å². The molecule has 0 saturated carbocycles. The lowest BCUT2D eigenvalue weighted by Crippen LogP contribution is -1.95. The number of nitrogens with zero attached hydrogens (tertiary/aromatic N) is 1. The normalized spacial score (nSPS) is 10.4. The Morgan fingerprint density at radius 1 is 1.28 bits per heavy atom. The third-order valence-corrected chi connectivity index (χ3v) is 3.03. The molecule has 0 radical (unpaired) electrons. The summed E-state index contributed by atoms with van der Waals surface area (Å²) in [5.41, 5.74) is 2.45. The molecule has 1 N–H and O–H groups in total. The number of aromatic nitrogens is 1. The van der Waals surface area contributed by atoms with Crippen molar-refractivity contribution in [2.45, 2.75) is 20.5 Å². The molecule has 0 spiro atoms. The highest BCUT2D eigenvalue weighted by Crippen LogP contribution is 2.28. The summed E-state index contributed by atoms with van der Waals surface area (Å²) in [5.74, 6) is 1.31. The van der Waals surface area contributed by atoms with E-state index in [0.717, 1.165) is 11.3 Å². The minimum atomic E-state index is -0.102. The Bertz CT molecular complexity index is 570. The molecule has 0 aliphatic rings. The smallest absolute Gasteiger partial charge is 0.136 e. The van der Waals surface area contributed by atoms with Gasteiger partial charge in [-0.3, -0.25) is 4.98 Å². The van der Waals surface area contributed by atoms with Gasteiger partial charge in [-0.15, -0.1) is 0 Å². The molecule has 18 heavy (non-hydrogen) atoms. The molecular formula is C14H14ClNO2. The number of halogens is 1. The van der Waals surface area contributed by atoms with E-state index < -0.39 is 0 Å². The van der Waals surface area contributed by atoms with E-state index in [-0.39, 0.29) is 6.61 Å². The summed E-state index contributed by atoms with van der Waals surface area (Å²) in [6.07, 6.45) is 1.62. The zero-order valence-electron chi connectivity index (χ0n) is 10.3. The Morgan fingerprint density at radius 3 is 2.72 bits per heavy atom. The lowest BCUT2D eigenvalue weighted by Gasteiger charge is -2.11. The van der Waals surface area contributed by atoms with Crippen molar-refractivity contribution in [3.63, 3.8) is 0 Å². The molecule has 0 bridgehead atoms. The van der Waals surface area contributed by atoms with Crippen LogP contribution in [-0.2, 0) is 6.61 Å². The van der Waals surface area contributed by atoms with Gasteiger partial charge >= 0.3 is 0 Å². The molecule has 3 nitrogen and oxygen atoms in total. The van der Waals surface area contributed by atoms with Gasteiger partial charge in [-0.1, -0.05) is 11.6 Å². The maximum absolute atomic E-state index is 9.24. The second-order valence-electron chi connectivity index (χ2n) is 4.10. The number of aliphatic hydroxyl groups is 1. The molecule has 1 aromatic carbocycles. The number of pyridine rings is 1. The predicted octanol–water partition coefficient (Wildman–Crippen LogP) is 3.64. The molecule has 4 heteroatoms. The average Bonchev–Trinajstić information content (AvgIpc) is 2.34.